The van der Waals surface area contributed by atoms with E-state index in [-0.39, 0.29) is 6.54 Å². The van der Waals surface area contributed by atoms with Crippen LogP contribution >= 0.6 is 0 Å². The zero-order valence-electron chi connectivity index (χ0n) is 5.66. The van der Waals surface area contributed by atoms with Crippen molar-refractivity contribution >= 4 is 13.8 Å². The standard InChI is InChI=1S/C5H8BF2NO/c1-2-3-9-4(10)5(6,7)8/h2H,1,3,6H2,(H,9,10). The molecule has 2 nitrogen and oxygen atoms in total. The van der Waals surface area contributed by atoms with Crippen molar-refractivity contribution in [1.29, 1.82) is 0 Å². The highest BCUT2D eigenvalue weighted by Crippen LogP contribution is 2.05. The number of amides is 1. The molecule has 0 fully saturated rings. The van der Waals surface area contributed by atoms with E-state index >= 15 is 0 Å². The van der Waals surface area contributed by atoms with Crippen LogP contribution in [0.25, 0.3) is 0 Å². The van der Waals surface area contributed by atoms with E-state index in [1.54, 1.807) is 0 Å². The van der Waals surface area contributed by atoms with E-state index in [1.807, 2.05) is 5.32 Å². The molecule has 0 aromatic rings. The smallest absolute Gasteiger partial charge is 0.281 e. The molecule has 0 radical (unpaired) electrons. The first kappa shape index (κ1) is 9.13. The van der Waals surface area contributed by atoms with Crippen molar-refractivity contribution in [3.05, 3.63) is 12.7 Å². The first-order chi connectivity index (χ1) is 4.48. The topological polar surface area (TPSA) is 29.1 Å². The van der Waals surface area contributed by atoms with E-state index in [9.17, 15) is 13.6 Å². The van der Waals surface area contributed by atoms with Gasteiger partial charge in [-0.3, -0.25) is 4.79 Å². The molecule has 0 aromatic carbocycles. The van der Waals surface area contributed by atoms with Gasteiger partial charge in [-0.2, -0.15) is 0 Å². The highest BCUT2D eigenvalue weighted by molar-refractivity contribution is 6.25. The monoisotopic (exact) mass is 147 g/mol. The summed E-state index contributed by atoms with van der Waals surface area (Å²) in [7, 11) is 0.547. The number of rotatable bonds is 3. The predicted molar refractivity (Wildman–Crippen MR) is 36.7 cm³/mol. The van der Waals surface area contributed by atoms with E-state index in [4.69, 9.17) is 0 Å². The molecule has 1 N–H and O–H groups in total. The molecule has 0 saturated carbocycles. The molecule has 0 aliphatic rings. The van der Waals surface area contributed by atoms with Crippen LogP contribution in [0.5, 0.6) is 0 Å². The van der Waals surface area contributed by atoms with Crippen LogP contribution in [-0.4, -0.2) is 26.1 Å². The number of carbonyl (C=O) groups is 1. The van der Waals surface area contributed by atoms with Gasteiger partial charge in [-0.25, -0.2) is 8.78 Å². The van der Waals surface area contributed by atoms with Gasteiger partial charge in [-0.05, 0) is 0 Å². The van der Waals surface area contributed by atoms with E-state index in [2.05, 4.69) is 6.58 Å². The molecule has 0 rings (SSSR count). The molecule has 0 bridgehead atoms. The van der Waals surface area contributed by atoms with Gasteiger partial charge < -0.3 is 5.32 Å². The van der Waals surface area contributed by atoms with E-state index in [1.165, 1.54) is 6.08 Å². The van der Waals surface area contributed by atoms with Gasteiger partial charge in [0.25, 0.3) is 11.7 Å². The lowest BCUT2D eigenvalue weighted by Gasteiger charge is -2.08. The third-order valence-electron chi connectivity index (χ3n) is 0.806. The predicted octanol–water partition coefficient (Wildman–Crippen LogP) is -0.486. The summed E-state index contributed by atoms with van der Waals surface area (Å²) >= 11 is 0. The minimum absolute atomic E-state index is 0.0717. The highest BCUT2D eigenvalue weighted by atomic mass is 19.3. The summed E-state index contributed by atoms with van der Waals surface area (Å²) in [5.41, 5.74) is 0. The Morgan fingerprint density at radius 3 is 2.60 bits per heavy atom. The van der Waals surface area contributed by atoms with Crippen molar-refractivity contribution in [1.82, 2.24) is 5.32 Å². The number of nitrogens with one attached hydrogen (secondary N) is 1. The van der Waals surface area contributed by atoms with Gasteiger partial charge in [-0.1, -0.05) is 6.08 Å². The van der Waals surface area contributed by atoms with Crippen molar-refractivity contribution < 1.29 is 13.6 Å². The molecule has 56 valence electrons. The Kier molecular flexibility index (Phi) is 3.05. The highest BCUT2D eigenvalue weighted by Gasteiger charge is 2.30. The molecule has 0 unspecified atom stereocenters. The summed E-state index contributed by atoms with van der Waals surface area (Å²) in [6, 6.07) is 0. The molecule has 0 heterocycles. The lowest BCUT2D eigenvalue weighted by atomic mass is 9.98. The summed E-state index contributed by atoms with van der Waals surface area (Å²) in [5, 5.41) is 1.97. The second kappa shape index (κ2) is 3.34. The Labute approximate surface area is 58.7 Å². The van der Waals surface area contributed by atoms with Gasteiger partial charge in [0, 0.05) is 6.54 Å². The molecular weight excluding hydrogens is 139 g/mol. The zero-order valence-corrected chi connectivity index (χ0v) is 5.66. The fourth-order valence-corrected chi connectivity index (χ4v) is 0.320. The normalized spacial score (nSPS) is 10.6. The molecule has 0 saturated heterocycles. The number of hydrogen-bond donors (Lipinski definition) is 1. The largest absolute Gasteiger partial charge is 0.348 e. The van der Waals surface area contributed by atoms with Crippen LogP contribution in [0.1, 0.15) is 0 Å². The Morgan fingerprint density at radius 1 is 1.80 bits per heavy atom. The quantitative estimate of drug-likeness (QED) is 0.423. The van der Waals surface area contributed by atoms with Gasteiger partial charge in [-0.15, -0.1) is 6.58 Å². The second-order valence-corrected chi connectivity index (χ2v) is 1.89. The van der Waals surface area contributed by atoms with Gasteiger partial charge in [0.15, 0.2) is 0 Å². The first-order valence-electron chi connectivity index (χ1n) is 2.75. The molecule has 0 aliphatic carbocycles. The second-order valence-electron chi connectivity index (χ2n) is 1.89. The van der Waals surface area contributed by atoms with E-state index < -0.39 is 11.7 Å². The minimum Gasteiger partial charge on any atom is -0.348 e. The van der Waals surface area contributed by atoms with Crippen molar-refractivity contribution in [2.45, 2.75) is 5.82 Å². The van der Waals surface area contributed by atoms with E-state index in [0.29, 0.717) is 7.85 Å². The summed E-state index contributed by atoms with van der Waals surface area (Å²) in [4.78, 5) is 10.3. The number of halogens is 2. The van der Waals surface area contributed by atoms with Crippen molar-refractivity contribution in [3.8, 4) is 0 Å². The number of hydrogen-bond acceptors (Lipinski definition) is 1. The Bertz CT molecular complexity index is 143. The van der Waals surface area contributed by atoms with Crippen LogP contribution in [0.2, 0.25) is 0 Å². The summed E-state index contributed by atoms with van der Waals surface area (Å²) < 4.78 is 24.0. The van der Waals surface area contributed by atoms with Crippen LogP contribution in [0, 0.1) is 0 Å². The molecule has 1 amide bonds. The third-order valence-corrected chi connectivity index (χ3v) is 0.806. The van der Waals surface area contributed by atoms with Crippen LogP contribution in [0.4, 0.5) is 8.78 Å². The van der Waals surface area contributed by atoms with Crippen molar-refractivity contribution in [2.75, 3.05) is 6.54 Å². The number of carbonyl (C=O) groups excluding carboxylic acids is 1. The maximum absolute atomic E-state index is 12.0. The number of alkyl halides is 2. The maximum Gasteiger partial charge on any atom is 0.281 e. The SMILES string of the molecule is BC(F)(F)C(=O)NCC=C. The average molecular weight is 147 g/mol. The van der Waals surface area contributed by atoms with Crippen molar-refractivity contribution in [2.24, 2.45) is 0 Å². The average Bonchev–Trinajstić information content (AvgIpc) is 1.80. The van der Waals surface area contributed by atoms with Crippen LogP contribution in [0.15, 0.2) is 12.7 Å². The molecule has 0 aliphatic heterocycles. The summed E-state index contributed by atoms with van der Waals surface area (Å²) in [6.07, 6.45) is 1.34. The Hall–Kier alpha value is -0.865. The van der Waals surface area contributed by atoms with Crippen molar-refractivity contribution in [3.63, 3.8) is 0 Å². The van der Waals surface area contributed by atoms with Gasteiger partial charge in [0.1, 0.15) is 0 Å². The van der Waals surface area contributed by atoms with Crippen LogP contribution in [0.3, 0.4) is 0 Å². The summed E-state index contributed by atoms with van der Waals surface area (Å²) in [5.74, 6) is -4.56. The molecule has 10 heavy (non-hydrogen) atoms. The summed E-state index contributed by atoms with van der Waals surface area (Å²) in [6.45, 7) is 3.33. The van der Waals surface area contributed by atoms with Gasteiger partial charge in [0.05, 0.1) is 0 Å². The molecule has 0 aromatic heterocycles. The Morgan fingerprint density at radius 2 is 2.30 bits per heavy atom. The first-order valence-corrected chi connectivity index (χ1v) is 2.75. The lowest BCUT2D eigenvalue weighted by Crippen LogP contribution is -2.40. The van der Waals surface area contributed by atoms with Gasteiger partial charge >= 0.3 is 0 Å². The Balaban J connectivity index is 3.74. The molecule has 0 spiro atoms. The fourth-order valence-electron chi connectivity index (χ4n) is 0.320. The maximum atomic E-state index is 12.0. The third kappa shape index (κ3) is 3.22. The minimum atomic E-state index is -3.29. The zero-order chi connectivity index (χ0) is 8.20. The van der Waals surface area contributed by atoms with Crippen LogP contribution in [-0.2, 0) is 4.79 Å². The van der Waals surface area contributed by atoms with E-state index in [0.717, 1.165) is 0 Å². The molecule has 5 heteroatoms. The molecular formula is C5H8BF2NO. The van der Waals surface area contributed by atoms with Crippen LogP contribution < -0.4 is 5.32 Å². The van der Waals surface area contributed by atoms with Gasteiger partial charge in [0.2, 0.25) is 7.85 Å². The lowest BCUT2D eigenvalue weighted by molar-refractivity contribution is -0.135. The fraction of sp³-hybridized carbons (Fsp3) is 0.400. The molecule has 0 atom stereocenters.